The van der Waals surface area contributed by atoms with E-state index >= 15 is 0 Å². The van der Waals surface area contributed by atoms with Crippen LogP contribution < -0.4 is 0 Å². The van der Waals surface area contributed by atoms with Crippen LogP contribution in [0.15, 0.2) is 0 Å². The smallest absolute Gasteiger partial charge is 0.0457 e. The summed E-state index contributed by atoms with van der Waals surface area (Å²) in [7, 11) is -1.13. The van der Waals surface area contributed by atoms with E-state index in [2.05, 4.69) is 41.5 Å². The van der Waals surface area contributed by atoms with E-state index in [4.69, 9.17) is 6.66 Å². The van der Waals surface area contributed by atoms with Crippen LogP contribution in [-0.4, -0.2) is 16.0 Å². The monoisotopic (exact) mass is 228 g/mol. The molecule has 0 nitrogen and oxygen atoms in total. The minimum absolute atomic E-state index is 0.403. The lowest BCUT2D eigenvalue weighted by Gasteiger charge is -2.54. The van der Waals surface area contributed by atoms with Gasteiger partial charge in [-0.25, -0.2) is 0 Å². The molecule has 1 aliphatic rings. The Labute approximate surface area is 97.6 Å². The predicted molar refractivity (Wildman–Crippen MR) is 74.0 cm³/mol. The number of rotatable bonds is 1. The normalized spacial score (nSPS) is 21.0. The van der Waals surface area contributed by atoms with Crippen molar-refractivity contribution in [3.63, 3.8) is 0 Å². The summed E-state index contributed by atoms with van der Waals surface area (Å²) in [6.45, 7) is 19.3. The molecule has 0 radical (unpaired) electrons. The maximum absolute atomic E-state index is 4.81. The lowest BCUT2D eigenvalue weighted by atomic mass is 10.2. The highest BCUT2D eigenvalue weighted by atomic mass is 31.2. The minimum Gasteiger partial charge on any atom is -0.179 e. The fraction of sp³-hybridized carbons (Fsp3) is 0.929. The van der Waals surface area contributed by atoms with E-state index in [0.29, 0.717) is 10.3 Å². The van der Waals surface area contributed by atoms with E-state index in [1.165, 1.54) is 25.7 Å². The molecule has 0 unspecified atom stereocenters. The van der Waals surface area contributed by atoms with Crippen molar-refractivity contribution in [1.82, 2.24) is 0 Å². The van der Waals surface area contributed by atoms with Gasteiger partial charge >= 0.3 is 0 Å². The number of hydrogen-bond donors (Lipinski definition) is 0. The van der Waals surface area contributed by atoms with Crippen LogP contribution in [-0.2, 0) is 0 Å². The molecule has 0 aromatic rings. The molecule has 0 atom stereocenters. The van der Waals surface area contributed by atoms with E-state index in [9.17, 15) is 0 Å². The van der Waals surface area contributed by atoms with Crippen molar-refractivity contribution in [1.29, 1.82) is 0 Å². The van der Waals surface area contributed by atoms with Crippen molar-refractivity contribution in [2.24, 2.45) is 0 Å². The van der Waals surface area contributed by atoms with E-state index in [-0.39, 0.29) is 0 Å². The molecule has 15 heavy (non-hydrogen) atoms. The fourth-order valence-electron chi connectivity index (χ4n) is 3.45. The van der Waals surface area contributed by atoms with Gasteiger partial charge in [0.05, 0.1) is 0 Å². The summed E-state index contributed by atoms with van der Waals surface area (Å²) in [4.78, 5) is 0. The van der Waals surface area contributed by atoms with Crippen molar-refractivity contribution in [2.45, 2.75) is 83.2 Å². The van der Waals surface area contributed by atoms with Crippen LogP contribution in [0.1, 0.15) is 67.2 Å². The third-order valence-corrected chi connectivity index (χ3v) is 10.9. The predicted octanol–water partition coefficient (Wildman–Crippen LogP) is 5.34. The average molecular weight is 228 g/mol. The second-order valence-electron chi connectivity index (χ2n) is 7.15. The quantitative estimate of drug-likeness (QED) is 0.420. The highest BCUT2D eigenvalue weighted by molar-refractivity contribution is 7.80. The van der Waals surface area contributed by atoms with E-state index in [1.54, 1.807) is 0 Å². The first-order valence-corrected chi connectivity index (χ1v) is 8.38. The first-order valence-electron chi connectivity index (χ1n) is 6.34. The number of hydrogen-bond acceptors (Lipinski definition) is 0. The molecule has 0 heterocycles. The van der Waals surface area contributed by atoms with Gasteiger partial charge < -0.3 is 0 Å². The molecule has 0 amide bonds. The first kappa shape index (κ1) is 13.5. The summed E-state index contributed by atoms with van der Waals surface area (Å²) >= 11 is 0. The van der Waals surface area contributed by atoms with Crippen molar-refractivity contribution in [3.05, 3.63) is 6.66 Å². The van der Waals surface area contributed by atoms with Crippen LogP contribution in [0.4, 0.5) is 0 Å². The summed E-state index contributed by atoms with van der Waals surface area (Å²) in [5, 5.41) is 0.806. The van der Waals surface area contributed by atoms with E-state index in [1.807, 2.05) is 0 Å². The van der Waals surface area contributed by atoms with Crippen LogP contribution >= 0.6 is 7.26 Å². The van der Waals surface area contributed by atoms with Gasteiger partial charge in [0.1, 0.15) is 0 Å². The van der Waals surface area contributed by atoms with Crippen molar-refractivity contribution < 1.29 is 0 Å². The van der Waals surface area contributed by atoms with Crippen LogP contribution in [0.25, 0.3) is 0 Å². The summed E-state index contributed by atoms with van der Waals surface area (Å²) < 4.78 is 0. The van der Waals surface area contributed by atoms with Crippen LogP contribution in [0, 0.1) is 6.66 Å². The average Bonchev–Trinajstić information content (AvgIpc) is 2.49. The highest BCUT2D eigenvalue weighted by Gasteiger charge is 2.52. The zero-order valence-electron chi connectivity index (χ0n) is 11.6. The van der Waals surface area contributed by atoms with Crippen molar-refractivity contribution in [3.8, 4) is 0 Å². The molecule has 0 aliphatic heterocycles. The molecule has 0 N–H and O–H groups in total. The third-order valence-electron chi connectivity index (χ3n) is 4.34. The van der Waals surface area contributed by atoms with Gasteiger partial charge in [-0.3, -0.25) is 0 Å². The second kappa shape index (κ2) is 4.02. The standard InChI is InChI=1S/C14H29P/c1-13(2,3)15(7,14(4,5)6)12-10-8-9-11-12/h12H,7-11H2,1-6H3. The van der Waals surface area contributed by atoms with Gasteiger partial charge in [-0.15, -0.1) is 7.26 Å². The summed E-state index contributed by atoms with van der Waals surface area (Å²) in [6.07, 6.45) is 5.75. The highest BCUT2D eigenvalue weighted by Crippen LogP contribution is 2.80. The van der Waals surface area contributed by atoms with Gasteiger partial charge in [0, 0.05) is 16.0 Å². The van der Waals surface area contributed by atoms with Crippen molar-refractivity contribution >= 4 is 7.26 Å². The van der Waals surface area contributed by atoms with Gasteiger partial charge in [-0.2, -0.15) is 6.66 Å². The molecule has 1 fully saturated rings. The Balaban J connectivity index is 3.06. The SMILES string of the molecule is [CH2-][P+](C1CCCC1)(C(C)(C)C)C(C)(C)C. The summed E-state index contributed by atoms with van der Waals surface area (Å²) in [6, 6.07) is 0. The van der Waals surface area contributed by atoms with E-state index < -0.39 is 7.26 Å². The molecule has 1 rings (SSSR count). The van der Waals surface area contributed by atoms with Crippen LogP contribution in [0.3, 0.4) is 0 Å². The van der Waals surface area contributed by atoms with Gasteiger partial charge in [0.2, 0.25) is 0 Å². The summed E-state index contributed by atoms with van der Waals surface area (Å²) in [5.74, 6) is 0. The maximum Gasteiger partial charge on any atom is 0.0457 e. The Morgan fingerprint density at radius 1 is 0.867 bits per heavy atom. The third kappa shape index (κ3) is 2.26. The Morgan fingerprint density at radius 3 is 1.47 bits per heavy atom. The Bertz CT molecular complexity index is 196. The molecule has 1 aliphatic carbocycles. The fourth-order valence-corrected chi connectivity index (χ4v) is 8.90. The first-order chi connectivity index (χ1) is 6.61. The molecular weight excluding hydrogens is 199 g/mol. The lowest BCUT2D eigenvalue weighted by Crippen LogP contribution is -2.37. The van der Waals surface area contributed by atoms with Crippen LogP contribution in [0.5, 0.6) is 0 Å². The molecule has 0 spiro atoms. The lowest BCUT2D eigenvalue weighted by molar-refractivity contribution is 0.661. The largest absolute Gasteiger partial charge is 0.179 e. The summed E-state index contributed by atoms with van der Waals surface area (Å²) in [5.41, 5.74) is 0.928. The molecule has 0 aromatic heterocycles. The molecule has 0 bridgehead atoms. The van der Waals surface area contributed by atoms with Gasteiger partial charge in [-0.05, 0) is 67.2 Å². The Hall–Kier alpha value is 0.430. The topological polar surface area (TPSA) is 0 Å². The Kier molecular flexibility index (Phi) is 3.62. The molecular formula is C14H29P. The maximum atomic E-state index is 4.81. The zero-order chi connectivity index (χ0) is 11.9. The molecule has 0 saturated heterocycles. The zero-order valence-corrected chi connectivity index (χ0v) is 12.5. The van der Waals surface area contributed by atoms with Crippen molar-refractivity contribution in [2.75, 3.05) is 0 Å². The molecule has 90 valence electrons. The van der Waals surface area contributed by atoms with Gasteiger partial charge in [0.25, 0.3) is 0 Å². The molecule has 1 saturated carbocycles. The van der Waals surface area contributed by atoms with Crippen LogP contribution in [0.2, 0.25) is 0 Å². The van der Waals surface area contributed by atoms with E-state index in [0.717, 1.165) is 5.66 Å². The van der Waals surface area contributed by atoms with Gasteiger partial charge in [0.15, 0.2) is 0 Å². The molecule has 0 aromatic carbocycles. The van der Waals surface area contributed by atoms with Gasteiger partial charge in [-0.1, -0.05) is 0 Å². The minimum atomic E-state index is -1.13. The Morgan fingerprint density at radius 2 is 1.20 bits per heavy atom. The molecule has 1 heteroatoms. The second-order valence-corrected chi connectivity index (χ2v) is 12.3.